The van der Waals surface area contributed by atoms with E-state index in [9.17, 15) is 9.59 Å². The van der Waals surface area contributed by atoms with E-state index >= 15 is 0 Å². The minimum Gasteiger partial charge on any atom is -0.493 e. The third kappa shape index (κ3) is 6.44. The van der Waals surface area contributed by atoms with Crippen molar-refractivity contribution in [1.82, 2.24) is 5.32 Å². The molecule has 160 valence electrons. The average Bonchev–Trinajstić information content (AvgIpc) is 2.81. The fraction of sp³-hybridized carbons (Fsp3) is 0.231. The Morgan fingerprint density at radius 1 is 0.774 bits per heavy atom. The highest BCUT2D eigenvalue weighted by atomic mass is 16.5. The number of nitrogens with one attached hydrogen (secondary N) is 2. The normalized spacial score (nSPS) is 10.4. The van der Waals surface area contributed by atoms with E-state index < -0.39 is 0 Å². The maximum absolute atomic E-state index is 13.0. The second kappa shape index (κ2) is 11.6. The van der Waals surface area contributed by atoms with Crippen molar-refractivity contribution in [2.24, 2.45) is 0 Å². The lowest BCUT2D eigenvalue weighted by Crippen LogP contribution is -2.25. The third-order valence-electron chi connectivity index (χ3n) is 4.85. The molecule has 3 rings (SSSR count). The maximum Gasteiger partial charge on any atom is 0.259 e. The number of unbranched alkanes of at least 4 members (excludes halogenated alkanes) is 2. The Bertz CT molecular complexity index is 1000. The third-order valence-corrected chi connectivity index (χ3v) is 4.85. The van der Waals surface area contributed by atoms with Crippen LogP contribution in [0.25, 0.3) is 0 Å². The van der Waals surface area contributed by atoms with Gasteiger partial charge in [-0.3, -0.25) is 9.59 Å². The molecule has 0 aliphatic carbocycles. The van der Waals surface area contributed by atoms with Crippen LogP contribution in [0.3, 0.4) is 0 Å². The molecule has 31 heavy (non-hydrogen) atoms. The Hall–Kier alpha value is -3.60. The van der Waals surface area contributed by atoms with Crippen molar-refractivity contribution >= 4 is 17.5 Å². The number of amides is 2. The molecule has 0 aromatic heterocycles. The Morgan fingerprint density at radius 2 is 1.45 bits per heavy atom. The molecule has 2 N–H and O–H groups in total. The highest BCUT2D eigenvalue weighted by molar-refractivity contribution is 6.10. The molecule has 0 aliphatic rings. The Morgan fingerprint density at radius 3 is 2.23 bits per heavy atom. The first-order valence-corrected chi connectivity index (χ1v) is 10.6. The molecule has 5 heteroatoms. The standard InChI is InChI=1S/C26H28N2O3/c1-2-3-11-18-31-24-17-10-8-15-22(24)26(30)28-23-16-9-7-14-21(23)25(29)27-19-20-12-5-4-6-13-20/h4-10,12-17H,2-3,11,18-19H2,1H3,(H,27,29)(H,28,30). The molecule has 0 saturated heterocycles. The number of ether oxygens (including phenoxy) is 1. The van der Waals surface area contributed by atoms with Crippen LogP contribution >= 0.6 is 0 Å². The van der Waals surface area contributed by atoms with Crippen LogP contribution in [0.1, 0.15) is 52.5 Å². The van der Waals surface area contributed by atoms with E-state index in [0.717, 1.165) is 24.8 Å². The van der Waals surface area contributed by atoms with E-state index in [4.69, 9.17) is 4.74 Å². The van der Waals surface area contributed by atoms with Gasteiger partial charge in [0, 0.05) is 6.54 Å². The van der Waals surface area contributed by atoms with Gasteiger partial charge >= 0.3 is 0 Å². The number of carbonyl (C=O) groups is 2. The van der Waals surface area contributed by atoms with Gasteiger partial charge < -0.3 is 15.4 Å². The smallest absolute Gasteiger partial charge is 0.259 e. The molecule has 0 heterocycles. The van der Waals surface area contributed by atoms with Crippen molar-refractivity contribution in [2.45, 2.75) is 32.7 Å². The summed E-state index contributed by atoms with van der Waals surface area (Å²) in [5, 5.41) is 5.77. The van der Waals surface area contributed by atoms with Gasteiger partial charge in [-0.05, 0) is 36.2 Å². The lowest BCUT2D eigenvalue weighted by atomic mass is 10.1. The topological polar surface area (TPSA) is 67.4 Å². The SMILES string of the molecule is CCCCCOc1ccccc1C(=O)Nc1ccccc1C(=O)NCc1ccccc1. The van der Waals surface area contributed by atoms with Gasteiger partial charge in [0.1, 0.15) is 5.75 Å². The molecule has 0 aliphatic heterocycles. The summed E-state index contributed by atoms with van der Waals surface area (Å²) in [5.74, 6) is -0.0135. The highest BCUT2D eigenvalue weighted by Gasteiger charge is 2.16. The predicted octanol–water partition coefficient (Wildman–Crippen LogP) is 5.44. The Kier molecular flexibility index (Phi) is 8.23. The molecule has 0 spiro atoms. The van der Waals surface area contributed by atoms with Crippen LogP contribution in [0.4, 0.5) is 5.69 Å². The molecule has 5 nitrogen and oxygen atoms in total. The zero-order valence-corrected chi connectivity index (χ0v) is 17.8. The van der Waals surface area contributed by atoms with Crippen molar-refractivity contribution in [1.29, 1.82) is 0 Å². The van der Waals surface area contributed by atoms with Crippen molar-refractivity contribution in [3.8, 4) is 5.75 Å². The molecule has 0 fully saturated rings. The zero-order chi connectivity index (χ0) is 21.9. The summed E-state index contributed by atoms with van der Waals surface area (Å²) >= 11 is 0. The van der Waals surface area contributed by atoms with Gasteiger partial charge in [0.25, 0.3) is 11.8 Å². The number of hydrogen-bond acceptors (Lipinski definition) is 3. The van der Waals surface area contributed by atoms with E-state index in [1.165, 1.54) is 0 Å². The molecule has 2 amide bonds. The second-order valence-corrected chi connectivity index (χ2v) is 7.22. The molecule has 0 atom stereocenters. The monoisotopic (exact) mass is 416 g/mol. The fourth-order valence-electron chi connectivity index (χ4n) is 3.17. The molecule has 0 unspecified atom stereocenters. The lowest BCUT2D eigenvalue weighted by Gasteiger charge is -2.14. The van der Waals surface area contributed by atoms with Gasteiger partial charge in [0.15, 0.2) is 0 Å². The van der Waals surface area contributed by atoms with E-state index in [2.05, 4.69) is 17.6 Å². The van der Waals surface area contributed by atoms with Crippen molar-refractivity contribution < 1.29 is 14.3 Å². The van der Waals surface area contributed by atoms with Crippen LogP contribution < -0.4 is 15.4 Å². The van der Waals surface area contributed by atoms with E-state index in [-0.39, 0.29) is 11.8 Å². The average molecular weight is 417 g/mol. The molecule has 0 bridgehead atoms. The summed E-state index contributed by atoms with van der Waals surface area (Å²) in [4.78, 5) is 25.7. The molecule has 3 aromatic carbocycles. The number of hydrogen-bond donors (Lipinski definition) is 2. The van der Waals surface area contributed by atoms with Crippen molar-refractivity contribution in [3.05, 3.63) is 95.6 Å². The molecule has 0 radical (unpaired) electrons. The summed E-state index contributed by atoms with van der Waals surface area (Å²) in [6, 6.07) is 23.8. The fourth-order valence-corrected chi connectivity index (χ4v) is 3.17. The van der Waals surface area contributed by atoms with Crippen LogP contribution in [0.2, 0.25) is 0 Å². The maximum atomic E-state index is 13.0. The first-order chi connectivity index (χ1) is 15.2. The molecule has 3 aromatic rings. The van der Waals surface area contributed by atoms with Crippen LogP contribution in [-0.2, 0) is 6.54 Å². The van der Waals surface area contributed by atoms with Crippen LogP contribution in [0.15, 0.2) is 78.9 Å². The molecule has 0 saturated carbocycles. The summed E-state index contributed by atoms with van der Waals surface area (Å²) in [7, 11) is 0. The molecular formula is C26H28N2O3. The predicted molar refractivity (Wildman–Crippen MR) is 123 cm³/mol. The number of rotatable bonds is 10. The van der Waals surface area contributed by atoms with Gasteiger partial charge in [-0.15, -0.1) is 0 Å². The summed E-state index contributed by atoms with van der Waals surface area (Å²) in [6.45, 7) is 3.11. The highest BCUT2D eigenvalue weighted by Crippen LogP contribution is 2.22. The quantitative estimate of drug-likeness (QED) is 0.433. The van der Waals surface area contributed by atoms with E-state index in [1.54, 1.807) is 42.5 Å². The number of benzene rings is 3. The first kappa shape index (κ1) is 22.1. The van der Waals surface area contributed by atoms with Crippen LogP contribution in [0.5, 0.6) is 5.75 Å². The van der Waals surface area contributed by atoms with Gasteiger partial charge in [-0.1, -0.05) is 74.4 Å². The van der Waals surface area contributed by atoms with Gasteiger partial charge in [0.2, 0.25) is 0 Å². The first-order valence-electron chi connectivity index (χ1n) is 10.6. The minimum absolute atomic E-state index is 0.246. The van der Waals surface area contributed by atoms with Crippen LogP contribution in [0, 0.1) is 0 Å². The van der Waals surface area contributed by atoms with Gasteiger partial charge in [-0.2, -0.15) is 0 Å². The number of para-hydroxylation sites is 2. The second-order valence-electron chi connectivity index (χ2n) is 7.22. The molecular weight excluding hydrogens is 388 g/mol. The van der Waals surface area contributed by atoms with Crippen molar-refractivity contribution in [3.63, 3.8) is 0 Å². The summed E-state index contributed by atoms with van der Waals surface area (Å²) in [6.07, 6.45) is 3.13. The zero-order valence-electron chi connectivity index (χ0n) is 17.8. The number of carbonyl (C=O) groups excluding carboxylic acids is 2. The summed E-state index contributed by atoms with van der Waals surface area (Å²) < 4.78 is 5.82. The largest absolute Gasteiger partial charge is 0.493 e. The van der Waals surface area contributed by atoms with Gasteiger partial charge in [-0.25, -0.2) is 0 Å². The van der Waals surface area contributed by atoms with Crippen LogP contribution in [-0.4, -0.2) is 18.4 Å². The lowest BCUT2D eigenvalue weighted by molar-refractivity contribution is 0.0952. The number of anilines is 1. The summed E-state index contributed by atoms with van der Waals surface area (Å²) in [5.41, 5.74) is 2.32. The van der Waals surface area contributed by atoms with Crippen molar-refractivity contribution in [2.75, 3.05) is 11.9 Å². The van der Waals surface area contributed by atoms with E-state index in [0.29, 0.717) is 35.7 Å². The van der Waals surface area contributed by atoms with E-state index in [1.807, 2.05) is 36.4 Å². The Balaban J connectivity index is 1.69. The Labute approximate surface area is 183 Å². The van der Waals surface area contributed by atoms with Gasteiger partial charge in [0.05, 0.1) is 23.4 Å². The minimum atomic E-state index is -0.311.